The normalized spacial score (nSPS) is 25.2. The largest absolute Gasteiger partial charge is 0.377 e. The summed E-state index contributed by atoms with van der Waals surface area (Å²) in [5.41, 5.74) is 0.254. The fourth-order valence-electron chi connectivity index (χ4n) is 5.05. The molecule has 10 nitrogen and oxygen atoms in total. The molecule has 1 spiro atoms. The van der Waals surface area contributed by atoms with E-state index in [9.17, 15) is 0 Å². The summed E-state index contributed by atoms with van der Waals surface area (Å²) in [6.45, 7) is 9.19. The highest BCUT2D eigenvalue weighted by atomic mass is 16.5. The van der Waals surface area contributed by atoms with Gasteiger partial charge in [-0.15, -0.1) is 0 Å². The van der Waals surface area contributed by atoms with E-state index in [4.69, 9.17) is 18.5 Å². The first kappa shape index (κ1) is 22.3. The predicted molar refractivity (Wildman–Crippen MR) is 111 cm³/mol. The summed E-state index contributed by atoms with van der Waals surface area (Å²) in [6.07, 6.45) is 4.81. The Morgan fingerprint density at radius 1 is 0.839 bits per heavy atom. The summed E-state index contributed by atoms with van der Waals surface area (Å²) in [5, 5.41) is 8.06. The monoisotopic (exact) mass is 434 g/mol. The molecule has 4 rings (SSSR count). The molecule has 0 aliphatic carbocycles. The van der Waals surface area contributed by atoms with Crippen LogP contribution < -0.4 is 0 Å². The van der Waals surface area contributed by atoms with Crippen LogP contribution in [0.5, 0.6) is 0 Å². The molecule has 2 aromatic heterocycles. The van der Waals surface area contributed by atoms with Gasteiger partial charge in [0, 0.05) is 27.3 Å². The number of hydrogen-bond donors (Lipinski definition) is 0. The standard InChI is InChI=1S/C21H34N6O4/c1-15(19-22-17(11-28-3)24-30-19)26-9-5-7-21(13-26)8-6-10-27(14-21)16(2)20-23-18(12-29-4)25-31-20/h15-16H,5-14H2,1-4H3. The van der Waals surface area contributed by atoms with Gasteiger partial charge in [0.2, 0.25) is 11.8 Å². The molecule has 2 atom stereocenters. The van der Waals surface area contributed by atoms with Crippen molar-refractivity contribution in [1.29, 1.82) is 0 Å². The SMILES string of the molecule is COCc1noc(C(C)N2CCCC3(CCCN(C(C)c4nc(COC)no4)C3)C2)n1. The van der Waals surface area contributed by atoms with Gasteiger partial charge in [0.1, 0.15) is 13.2 Å². The molecule has 10 heteroatoms. The number of hydrogen-bond acceptors (Lipinski definition) is 10. The van der Waals surface area contributed by atoms with Crippen LogP contribution in [0.15, 0.2) is 9.05 Å². The van der Waals surface area contributed by atoms with E-state index < -0.39 is 0 Å². The molecule has 0 saturated carbocycles. The van der Waals surface area contributed by atoms with Crippen molar-refractivity contribution >= 4 is 0 Å². The highest BCUT2D eigenvalue weighted by Crippen LogP contribution is 2.42. The molecule has 2 aliphatic heterocycles. The third-order valence-corrected chi connectivity index (χ3v) is 6.71. The van der Waals surface area contributed by atoms with Crippen LogP contribution >= 0.6 is 0 Å². The second kappa shape index (κ2) is 9.72. The highest BCUT2D eigenvalue weighted by molar-refractivity contribution is 5.00. The van der Waals surface area contributed by atoms with Gasteiger partial charge >= 0.3 is 0 Å². The number of methoxy groups -OCH3 is 2. The molecule has 2 aromatic rings. The molecule has 2 fully saturated rings. The van der Waals surface area contributed by atoms with Crippen LogP contribution in [0.25, 0.3) is 0 Å². The van der Waals surface area contributed by atoms with Gasteiger partial charge in [0.25, 0.3) is 0 Å². The van der Waals surface area contributed by atoms with Gasteiger partial charge in [-0.25, -0.2) is 0 Å². The molecule has 2 saturated heterocycles. The van der Waals surface area contributed by atoms with Gasteiger partial charge < -0.3 is 18.5 Å². The first-order valence-electron chi connectivity index (χ1n) is 11.1. The van der Waals surface area contributed by atoms with E-state index in [2.05, 4.69) is 43.9 Å². The second-order valence-corrected chi connectivity index (χ2v) is 8.96. The summed E-state index contributed by atoms with van der Waals surface area (Å²) < 4.78 is 21.3. The zero-order valence-electron chi connectivity index (χ0n) is 19.0. The van der Waals surface area contributed by atoms with E-state index >= 15 is 0 Å². The van der Waals surface area contributed by atoms with E-state index in [-0.39, 0.29) is 17.5 Å². The van der Waals surface area contributed by atoms with Crippen molar-refractivity contribution in [3.63, 3.8) is 0 Å². The average Bonchev–Trinajstić information content (AvgIpc) is 3.43. The van der Waals surface area contributed by atoms with Crippen molar-refractivity contribution in [3.8, 4) is 0 Å². The molecular weight excluding hydrogens is 400 g/mol. The minimum absolute atomic E-state index is 0.0932. The summed E-state index contributed by atoms with van der Waals surface area (Å²) in [4.78, 5) is 14.0. The van der Waals surface area contributed by atoms with Gasteiger partial charge in [0.15, 0.2) is 11.6 Å². The van der Waals surface area contributed by atoms with Gasteiger partial charge in [0.05, 0.1) is 12.1 Å². The lowest BCUT2D eigenvalue weighted by Crippen LogP contribution is -2.53. The lowest BCUT2D eigenvalue weighted by molar-refractivity contribution is -0.0206. The average molecular weight is 435 g/mol. The van der Waals surface area contributed by atoms with E-state index in [0.717, 1.165) is 26.2 Å². The smallest absolute Gasteiger partial charge is 0.243 e. The second-order valence-electron chi connectivity index (χ2n) is 8.96. The number of aromatic nitrogens is 4. The predicted octanol–water partition coefficient (Wildman–Crippen LogP) is 2.75. The Hall–Kier alpha value is -1.88. The topological polar surface area (TPSA) is 103 Å². The van der Waals surface area contributed by atoms with Crippen LogP contribution in [0.4, 0.5) is 0 Å². The van der Waals surface area contributed by atoms with Crippen molar-refractivity contribution in [2.45, 2.75) is 64.8 Å². The lowest BCUT2D eigenvalue weighted by atomic mass is 9.73. The Bertz CT molecular complexity index is 771. The van der Waals surface area contributed by atoms with Gasteiger partial charge in [-0.1, -0.05) is 10.3 Å². The van der Waals surface area contributed by atoms with Crippen molar-refractivity contribution in [2.75, 3.05) is 40.4 Å². The Morgan fingerprint density at radius 2 is 1.29 bits per heavy atom. The highest BCUT2D eigenvalue weighted by Gasteiger charge is 2.42. The Balaban J connectivity index is 1.42. The molecule has 0 bridgehead atoms. The van der Waals surface area contributed by atoms with Crippen LogP contribution in [0.2, 0.25) is 0 Å². The zero-order valence-corrected chi connectivity index (χ0v) is 19.0. The Morgan fingerprint density at radius 3 is 1.71 bits per heavy atom. The first-order valence-corrected chi connectivity index (χ1v) is 11.1. The number of rotatable bonds is 8. The molecule has 0 aromatic carbocycles. The van der Waals surface area contributed by atoms with Crippen LogP contribution in [0, 0.1) is 5.41 Å². The van der Waals surface area contributed by atoms with Crippen LogP contribution in [-0.2, 0) is 22.7 Å². The van der Waals surface area contributed by atoms with E-state index in [1.54, 1.807) is 14.2 Å². The minimum atomic E-state index is 0.0932. The number of nitrogens with zero attached hydrogens (tertiary/aromatic N) is 6. The van der Waals surface area contributed by atoms with Gasteiger partial charge in [-0.05, 0) is 58.0 Å². The number of likely N-dealkylation sites (tertiary alicyclic amines) is 2. The van der Waals surface area contributed by atoms with Crippen LogP contribution in [0.3, 0.4) is 0 Å². The number of piperidine rings is 2. The molecule has 0 N–H and O–H groups in total. The molecule has 31 heavy (non-hydrogen) atoms. The summed E-state index contributed by atoms with van der Waals surface area (Å²) in [5.74, 6) is 2.53. The first-order chi connectivity index (χ1) is 15.0. The maximum Gasteiger partial charge on any atom is 0.243 e. The molecule has 2 unspecified atom stereocenters. The summed E-state index contributed by atoms with van der Waals surface area (Å²) in [6, 6.07) is 0.186. The lowest BCUT2D eigenvalue weighted by Gasteiger charge is -2.50. The van der Waals surface area contributed by atoms with Crippen molar-refractivity contribution in [2.24, 2.45) is 5.41 Å². The van der Waals surface area contributed by atoms with Crippen molar-refractivity contribution in [1.82, 2.24) is 30.1 Å². The van der Waals surface area contributed by atoms with E-state index in [1.165, 1.54) is 25.7 Å². The summed E-state index contributed by atoms with van der Waals surface area (Å²) >= 11 is 0. The van der Waals surface area contributed by atoms with Crippen molar-refractivity contribution < 1.29 is 18.5 Å². The Kier molecular flexibility index (Phi) is 7.00. The van der Waals surface area contributed by atoms with Gasteiger partial charge in [-0.3, -0.25) is 9.80 Å². The third kappa shape index (κ3) is 4.97. The van der Waals surface area contributed by atoms with Crippen LogP contribution in [0.1, 0.15) is 75.0 Å². The molecule has 0 radical (unpaired) electrons. The fraction of sp³-hybridized carbons (Fsp3) is 0.810. The summed E-state index contributed by atoms with van der Waals surface area (Å²) in [7, 11) is 3.27. The van der Waals surface area contributed by atoms with Crippen molar-refractivity contribution in [3.05, 3.63) is 23.4 Å². The molecule has 4 heterocycles. The fourth-order valence-corrected chi connectivity index (χ4v) is 5.05. The van der Waals surface area contributed by atoms with E-state index in [1.807, 2.05) is 0 Å². The number of ether oxygens (including phenoxy) is 2. The zero-order chi connectivity index (χ0) is 21.8. The molecule has 0 amide bonds. The third-order valence-electron chi connectivity index (χ3n) is 6.71. The van der Waals surface area contributed by atoms with Gasteiger partial charge in [-0.2, -0.15) is 9.97 Å². The molecule has 2 aliphatic rings. The van der Waals surface area contributed by atoms with E-state index in [0.29, 0.717) is 36.6 Å². The molecular formula is C21H34N6O4. The maximum absolute atomic E-state index is 5.52. The molecule has 172 valence electrons. The minimum Gasteiger partial charge on any atom is -0.377 e. The quantitative estimate of drug-likeness (QED) is 0.616. The van der Waals surface area contributed by atoms with Crippen LogP contribution in [-0.4, -0.2) is 70.5 Å². The Labute approximate surface area is 183 Å². The maximum atomic E-state index is 5.52.